The van der Waals surface area contributed by atoms with E-state index in [4.69, 9.17) is 0 Å². The molecule has 0 saturated heterocycles. The van der Waals surface area contributed by atoms with Crippen LogP contribution in [0.5, 0.6) is 0 Å². The van der Waals surface area contributed by atoms with Crippen molar-refractivity contribution in [3.63, 3.8) is 0 Å². The Morgan fingerprint density at radius 2 is 0.833 bits per heavy atom. The molecule has 0 rings (SSSR count). The van der Waals surface area contributed by atoms with E-state index in [-0.39, 0.29) is 0 Å². The van der Waals surface area contributed by atoms with Gasteiger partial charge in [0.05, 0.1) is 0 Å². The summed E-state index contributed by atoms with van der Waals surface area (Å²) in [6, 6.07) is 0. The third-order valence-electron chi connectivity index (χ3n) is 4.94. The zero-order valence-electron chi connectivity index (χ0n) is 17.4. The van der Waals surface area contributed by atoms with Crippen molar-refractivity contribution in [3.8, 4) is 0 Å². The molecule has 146 valence electrons. The van der Waals surface area contributed by atoms with Gasteiger partial charge in [0.1, 0.15) is 0 Å². The molecule has 0 aromatic rings. The Labute approximate surface area is 158 Å². The molecule has 0 aliphatic rings. The molecule has 0 aliphatic heterocycles. The Morgan fingerprint density at radius 1 is 0.458 bits per heavy atom. The maximum atomic E-state index is 2.33. The Morgan fingerprint density at radius 3 is 1.29 bits per heavy atom. The molecule has 1 atom stereocenters. The number of hydrogen-bond acceptors (Lipinski definition) is 0. The van der Waals surface area contributed by atoms with E-state index in [1.54, 1.807) is 18.5 Å². The first-order valence-corrected chi connectivity index (χ1v) is 14.6. The monoisotopic (exact) mass is 374 g/mol. The highest BCUT2D eigenvalue weighted by Crippen LogP contribution is 2.39. The minimum absolute atomic E-state index is 0.377. The molecule has 1 unspecified atom stereocenters. The van der Waals surface area contributed by atoms with Gasteiger partial charge in [-0.25, -0.2) is 0 Å². The Balaban J connectivity index is 3.62. The maximum Gasteiger partial charge on any atom is -0.0326 e. The molecule has 0 aromatic carbocycles. The number of hydrogen-bond donors (Lipinski definition) is 0. The third-order valence-corrected chi connectivity index (χ3v) is 9.20. The molecule has 2 heteroatoms. The van der Waals surface area contributed by atoms with Crippen LogP contribution in [0.2, 0.25) is 0 Å². The van der Waals surface area contributed by atoms with Gasteiger partial charge in [-0.15, -0.1) is 16.5 Å². The van der Waals surface area contributed by atoms with Crippen molar-refractivity contribution in [2.75, 3.05) is 30.8 Å². The van der Waals surface area contributed by atoms with Crippen LogP contribution in [0.3, 0.4) is 0 Å². The van der Waals surface area contributed by atoms with Crippen LogP contribution in [0.25, 0.3) is 0 Å². The lowest BCUT2D eigenvalue weighted by atomic mass is 10.2. The summed E-state index contributed by atoms with van der Waals surface area (Å²) in [6.07, 6.45) is 28.4. The SMILES string of the molecule is CCCCCCPCCCCP(CCCCCC)CCCCCC. The molecule has 0 amide bonds. The van der Waals surface area contributed by atoms with E-state index in [0.29, 0.717) is 7.92 Å². The predicted molar refractivity (Wildman–Crippen MR) is 121 cm³/mol. The molecule has 0 saturated carbocycles. The molecule has 0 aromatic heterocycles. The summed E-state index contributed by atoms with van der Waals surface area (Å²) >= 11 is 0. The van der Waals surface area contributed by atoms with Crippen LogP contribution in [0.15, 0.2) is 0 Å². The zero-order valence-corrected chi connectivity index (χ0v) is 19.3. The Bertz CT molecular complexity index is 206. The van der Waals surface area contributed by atoms with Crippen LogP contribution in [-0.2, 0) is 0 Å². The van der Waals surface area contributed by atoms with Crippen molar-refractivity contribution in [2.45, 2.75) is 111 Å². The van der Waals surface area contributed by atoms with Gasteiger partial charge in [0.15, 0.2) is 0 Å². The maximum absolute atomic E-state index is 2.33. The highest BCUT2D eigenvalue weighted by atomic mass is 31.1. The molecule has 0 bridgehead atoms. The van der Waals surface area contributed by atoms with Crippen molar-refractivity contribution < 1.29 is 0 Å². The molecule has 0 spiro atoms. The molecule has 0 heterocycles. The second kappa shape index (κ2) is 21.9. The van der Waals surface area contributed by atoms with Gasteiger partial charge in [-0.05, 0) is 62.9 Å². The lowest BCUT2D eigenvalue weighted by Crippen LogP contribution is -1.97. The zero-order chi connectivity index (χ0) is 17.7. The van der Waals surface area contributed by atoms with Gasteiger partial charge in [-0.2, -0.15) is 0 Å². The first-order chi connectivity index (χ1) is 11.8. The van der Waals surface area contributed by atoms with Gasteiger partial charge in [-0.3, -0.25) is 0 Å². The van der Waals surface area contributed by atoms with Crippen LogP contribution in [-0.4, -0.2) is 30.8 Å². The first kappa shape index (κ1) is 24.9. The molecule has 24 heavy (non-hydrogen) atoms. The molecule has 0 aliphatic carbocycles. The van der Waals surface area contributed by atoms with E-state index >= 15 is 0 Å². The minimum atomic E-state index is 0.377. The quantitative estimate of drug-likeness (QED) is 0.148. The van der Waals surface area contributed by atoms with E-state index in [1.165, 1.54) is 111 Å². The van der Waals surface area contributed by atoms with Crippen LogP contribution in [0, 0.1) is 0 Å². The summed E-state index contributed by atoms with van der Waals surface area (Å²) in [7, 11) is 1.63. The average Bonchev–Trinajstić information content (AvgIpc) is 2.60. The molecule has 0 fully saturated rings. The van der Waals surface area contributed by atoms with Crippen LogP contribution in [0.1, 0.15) is 111 Å². The van der Waals surface area contributed by atoms with Crippen LogP contribution < -0.4 is 0 Å². The van der Waals surface area contributed by atoms with Crippen LogP contribution >= 0.6 is 16.5 Å². The minimum Gasteiger partial charge on any atom is -0.122 e. The number of unbranched alkanes of at least 4 members (excludes halogenated alkanes) is 10. The lowest BCUT2D eigenvalue weighted by Gasteiger charge is -2.18. The fraction of sp³-hybridized carbons (Fsp3) is 1.00. The highest BCUT2D eigenvalue weighted by molar-refractivity contribution is 7.57. The summed E-state index contributed by atoms with van der Waals surface area (Å²) in [5, 5.41) is 0. The largest absolute Gasteiger partial charge is 0.122 e. The van der Waals surface area contributed by atoms with Crippen molar-refractivity contribution in [1.82, 2.24) is 0 Å². The smallest absolute Gasteiger partial charge is 0.0326 e. The molecular weight excluding hydrogens is 326 g/mol. The van der Waals surface area contributed by atoms with Crippen molar-refractivity contribution in [2.24, 2.45) is 0 Å². The number of rotatable bonds is 20. The van der Waals surface area contributed by atoms with Crippen molar-refractivity contribution >= 4 is 16.5 Å². The summed E-state index contributed by atoms with van der Waals surface area (Å²) in [5.74, 6) is 0. The summed E-state index contributed by atoms with van der Waals surface area (Å²) in [5.41, 5.74) is 0. The second-order valence-corrected chi connectivity index (χ2v) is 11.7. The molecule has 0 radical (unpaired) electrons. The first-order valence-electron chi connectivity index (χ1n) is 11.3. The Kier molecular flexibility index (Phi) is 22.7. The van der Waals surface area contributed by atoms with E-state index in [1.807, 2.05) is 0 Å². The molecular formula is C22H48P2. The molecule has 0 nitrogen and oxygen atoms in total. The molecule has 0 N–H and O–H groups in total. The Hall–Kier alpha value is 0.860. The topological polar surface area (TPSA) is 0 Å². The summed E-state index contributed by atoms with van der Waals surface area (Å²) < 4.78 is 0. The summed E-state index contributed by atoms with van der Waals surface area (Å²) in [4.78, 5) is 0. The normalized spacial score (nSPS) is 12.0. The fourth-order valence-corrected chi connectivity index (χ4v) is 7.18. The summed E-state index contributed by atoms with van der Waals surface area (Å²) in [6.45, 7) is 6.97. The van der Waals surface area contributed by atoms with Gasteiger partial charge >= 0.3 is 0 Å². The lowest BCUT2D eigenvalue weighted by molar-refractivity contribution is 0.694. The van der Waals surface area contributed by atoms with E-state index in [0.717, 1.165) is 0 Å². The van der Waals surface area contributed by atoms with E-state index in [9.17, 15) is 0 Å². The van der Waals surface area contributed by atoms with Crippen molar-refractivity contribution in [3.05, 3.63) is 0 Å². The van der Waals surface area contributed by atoms with Gasteiger partial charge < -0.3 is 0 Å². The third kappa shape index (κ3) is 19.2. The van der Waals surface area contributed by atoms with E-state index < -0.39 is 0 Å². The predicted octanol–water partition coefficient (Wildman–Crippen LogP) is 8.67. The average molecular weight is 375 g/mol. The fourth-order valence-electron chi connectivity index (χ4n) is 3.25. The standard InChI is InChI=1S/C22H48P2/c1-4-7-10-13-18-23-19-14-17-22-24(20-15-11-8-5-2)21-16-12-9-6-3/h23H,4-22H2,1-3H3. The van der Waals surface area contributed by atoms with Gasteiger partial charge in [0.25, 0.3) is 0 Å². The van der Waals surface area contributed by atoms with Gasteiger partial charge in [0, 0.05) is 0 Å². The van der Waals surface area contributed by atoms with Gasteiger partial charge in [-0.1, -0.05) is 78.6 Å². The van der Waals surface area contributed by atoms with Gasteiger partial charge in [0.2, 0.25) is 0 Å². The van der Waals surface area contributed by atoms with Crippen LogP contribution in [0.4, 0.5) is 0 Å². The van der Waals surface area contributed by atoms with Crippen molar-refractivity contribution in [1.29, 1.82) is 0 Å². The second-order valence-electron chi connectivity index (χ2n) is 7.48. The van der Waals surface area contributed by atoms with E-state index in [2.05, 4.69) is 20.8 Å². The highest BCUT2D eigenvalue weighted by Gasteiger charge is 2.07.